The van der Waals surface area contributed by atoms with E-state index in [-0.39, 0.29) is 18.5 Å². The number of aromatic nitrogens is 1. The molecule has 3 amide bonds. The molecule has 0 saturated carbocycles. The average molecular weight is 425 g/mol. The van der Waals surface area contributed by atoms with Crippen LogP contribution in [0.2, 0.25) is 0 Å². The molecular weight excluding hydrogens is 396 g/mol. The van der Waals surface area contributed by atoms with Gasteiger partial charge >= 0.3 is 6.03 Å². The zero-order valence-electron chi connectivity index (χ0n) is 18.3. The van der Waals surface area contributed by atoms with E-state index in [9.17, 15) is 9.59 Å². The highest BCUT2D eigenvalue weighted by atomic mass is 16.5. The number of carbonyl (C=O) groups excluding carboxylic acids is 2. The molecule has 0 bridgehead atoms. The molecule has 0 spiro atoms. The summed E-state index contributed by atoms with van der Waals surface area (Å²) in [5.74, 6) is 1.23. The van der Waals surface area contributed by atoms with Gasteiger partial charge in [-0.2, -0.15) is 0 Å². The molecule has 0 fully saturated rings. The van der Waals surface area contributed by atoms with Gasteiger partial charge < -0.3 is 24.7 Å². The van der Waals surface area contributed by atoms with Gasteiger partial charge in [0.2, 0.25) is 5.91 Å². The molecule has 8 nitrogen and oxygen atoms in total. The Morgan fingerprint density at radius 1 is 1.26 bits per heavy atom. The Morgan fingerprint density at radius 2 is 2.06 bits per heavy atom. The third-order valence-corrected chi connectivity index (χ3v) is 5.18. The molecule has 2 N–H and O–H groups in total. The third-order valence-electron chi connectivity index (χ3n) is 5.18. The molecule has 0 radical (unpaired) electrons. The third kappa shape index (κ3) is 5.53. The Morgan fingerprint density at radius 3 is 2.77 bits per heavy atom. The number of rotatable bonds is 8. The Labute approximate surface area is 181 Å². The Kier molecular flexibility index (Phi) is 7.12. The average Bonchev–Trinajstić information content (AvgIpc) is 3.12. The second-order valence-electron chi connectivity index (χ2n) is 7.39. The van der Waals surface area contributed by atoms with Crippen molar-refractivity contribution in [2.45, 2.75) is 26.3 Å². The maximum Gasteiger partial charge on any atom is 0.315 e. The molecule has 2 aromatic heterocycles. The quantitative estimate of drug-likeness (QED) is 0.579. The summed E-state index contributed by atoms with van der Waals surface area (Å²) in [5, 5.41) is 6.38. The van der Waals surface area contributed by atoms with Crippen LogP contribution < -0.4 is 15.4 Å². The largest absolute Gasteiger partial charge is 0.497 e. The number of nitrogens with one attached hydrogen (secondary N) is 2. The minimum atomic E-state index is -0.434. The number of pyridine rings is 1. The number of amides is 3. The zero-order chi connectivity index (χ0) is 22.4. The number of carbonyl (C=O) groups is 2. The Bertz CT molecular complexity index is 1050. The van der Waals surface area contributed by atoms with Gasteiger partial charge in [0.05, 0.1) is 19.7 Å². The lowest BCUT2D eigenvalue weighted by Gasteiger charge is -2.18. The normalized spacial score (nSPS) is 11.7. The maximum atomic E-state index is 12.3. The molecular formula is C23H28N4O4. The van der Waals surface area contributed by atoms with E-state index in [1.54, 1.807) is 25.3 Å². The molecule has 31 heavy (non-hydrogen) atoms. The lowest BCUT2D eigenvalue weighted by Crippen LogP contribution is -2.43. The lowest BCUT2D eigenvalue weighted by atomic mass is 10.1. The van der Waals surface area contributed by atoms with Gasteiger partial charge in [0, 0.05) is 42.9 Å². The van der Waals surface area contributed by atoms with Crippen molar-refractivity contribution < 1.29 is 18.7 Å². The van der Waals surface area contributed by atoms with E-state index >= 15 is 0 Å². The number of ether oxygens (including phenoxy) is 1. The summed E-state index contributed by atoms with van der Waals surface area (Å²) in [6.45, 7) is 4.21. The Balaban J connectivity index is 1.50. The SMILES string of the molecule is COc1ccc2oc(C(C)NC(=O)NCC(=O)N(C)CCc3ccccn3)c(C)c2c1. The zero-order valence-corrected chi connectivity index (χ0v) is 18.3. The maximum absolute atomic E-state index is 12.3. The summed E-state index contributed by atoms with van der Waals surface area (Å²) >= 11 is 0. The van der Waals surface area contributed by atoms with Crippen LogP contribution >= 0.6 is 0 Å². The predicted octanol–water partition coefficient (Wildman–Crippen LogP) is 3.21. The van der Waals surface area contributed by atoms with Crippen molar-refractivity contribution in [2.75, 3.05) is 27.2 Å². The number of likely N-dealkylation sites (N-methyl/N-ethyl adjacent to an activating group) is 1. The van der Waals surface area contributed by atoms with Crippen molar-refractivity contribution >= 4 is 22.9 Å². The number of benzene rings is 1. The number of hydrogen-bond acceptors (Lipinski definition) is 5. The van der Waals surface area contributed by atoms with Crippen molar-refractivity contribution in [3.8, 4) is 5.75 Å². The first-order chi connectivity index (χ1) is 14.9. The van der Waals surface area contributed by atoms with Crippen LogP contribution in [0.5, 0.6) is 5.75 Å². The molecule has 0 aliphatic carbocycles. The number of aryl methyl sites for hydroxylation is 1. The van der Waals surface area contributed by atoms with E-state index < -0.39 is 6.03 Å². The fourth-order valence-electron chi connectivity index (χ4n) is 3.32. The molecule has 0 saturated heterocycles. The summed E-state index contributed by atoms with van der Waals surface area (Å²) in [6.07, 6.45) is 2.38. The van der Waals surface area contributed by atoms with Gasteiger partial charge in [-0.05, 0) is 44.2 Å². The van der Waals surface area contributed by atoms with Crippen molar-refractivity contribution in [1.29, 1.82) is 0 Å². The van der Waals surface area contributed by atoms with E-state index in [1.165, 1.54) is 0 Å². The molecule has 3 aromatic rings. The van der Waals surface area contributed by atoms with Crippen molar-refractivity contribution in [3.05, 3.63) is 59.6 Å². The van der Waals surface area contributed by atoms with Gasteiger partial charge in [-0.3, -0.25) is 9.78 Å². The second-order valence-corrected chi connectivity index (χ2v) is 7.39. The van der Waals surface area contributed by atoms with Crippen LogP contribution in [0.1, 0.15) is 30.0 Å². The predicted molar refractivity (Wildman–Crippen MR) is 118 cm³/mol. The van der Waals surface area contributed by atoms with E-state index in [0.717, 1.165) is 28.0 Å². The molecule has 0 aliphatic rings. The van der Waals surface area contributed by atoms with E-state index in [4.69, 9.17) is 9.15 Å². The summed E-state index contributed by atoms with van der Waals surface area (Å²) < 4.78 is 11.2. The molecule has 3 rings (SSSR count). The van der Waals surface area contributed by atoms with Crippen LogP contribution in [-0.4, -0.2) is 49.1 Å². The summed E-state index contributed by atoms with van der Waals surface area (Å²) in [5.41, 5.74) is 2.58. The summed E-state index contributed by atoms with van der Waals surface area (Å²) in [4.78, 5) is 30.4. The molecule has 1 aromatic carbocycles. The van der Waals surface area contributed by atoms with Gasteiger partial charge in [-0.1, -0.05) is 6.07 Å². The smallest absolute Gasteiger partial charge is 0.315 e. The number of hydrogen-bond donors (Lipinski definition) is 2. The van der Waals surface area contributed by atoms with E-state index in [0.29, 0.717) is 18.7 Å². The fourth-order valence-corrected chi connectivity index (χ4v) is 3.32. The number of furan rings is 1. The lowest BCUT2D eigenvalue weighted by molar-refractivity contribution is -0.128. The van der Waals surface area contributed by atoms with Gasteiger partial charge in [0.15, 0.2) is 0 Å². The van der Waals surface area contributed by atoms with Crippen molar-refractivity contribution in [1.82, 2.24) is 20.5 Å². The number of fused-ring (bicyclic) bond motifs is 1. The summed E-state index contributed by atoms with van der Waals surface area (Å²) in [7, 11) is 3.32. The standard InChI is InChI=1S/C23H28N4O4/c1-15-19-13-18(30-4)8-9-20(19)31-22(15)16(2)26-23(29)25-14-21(28)27(3)12-10-17-7-5-6-11-24-17/h5-9,11,13,16H,10,12,14H2,1-4H3,(H2,25,26,29). The van der Waals surface area contributed by atoms with Crippen molar-refractivity contribution in [2.24, 2.45) is 0 Å². The molecule has 1 unspecified atom stereocenters. The van der Waals surface area contributed by atoms with Crippen LogP contribution in [0, 0.1) is 6.92 Å². The minimum absolute atomic E-state index is 0.0897. The number of nitrogens with zero attached hydrogens (tertiary/aromatic N) is 2. The van der Waals surface area contributed by atoms with Crippen LogP contribution in [0.15, 0.2) is 47.0 Å². The molecule has 164 valence electrons. The van der Waals surface area contributed by atoms with Gasteiger partial charge in [-0.25, -0.2) is 4.79 Å². The first-order valence-electron chi connectivity index (χ1n) is 10.1. The number of methoxy groups -OCH3 is 1. The number of urea groups is 1. The highest BCUT2D eigenvalue weighted by molar-refractivity contribution is 5.85. The molecule has 8 heteroatoms. The molecule has 0 aliphatic heterocycles. The molecule has 2 heterocycles. The molecule has 1 atom stereocenters. The highest BCUT2D eigenvalue weighted by Gasteiger charge is 2.19. The second kappa shape index (κ2) is 9.97. The van der Waals surface area contributed by atoms with Gasteiger partial charge in [-0.15, -0.1) is 0 Å². The highest BCUT2D eigenvalue weighted by Crippen LogP contribution is 2.31. The topological polar surface area (TPSA) is 96.7 Å². The van der Waals surface area contributed by atoms with Crippen LogP contribution in [0.3, 0.4) is 0 Å². The van der Waals surface area contributed by atoms with Gasteiger partial charge in [0.25, 0.3) is 0 Å². The monoisotopic (exact) mass is 424 g/mol. The first kappa shape index (κ1) is 22.1. The minimum Gasteiger partial charge on any atom is -0.497 e. The van der Waals surface area contributed by atoms with Crippen LogP contribution in [0.4, 0.5) is 4.79 Å². The fraction of sp³-hybridized carbons (Fsp3) is 0.348. The van der Waals surface area contributed by atoms with E-state index in [2.05, 4.69) is 15.6 Å². The van der Waals surface area contributed by atoms with Crippen LogP contribution in [-0.2, 0) is 11.2 Å². The van der Waals surface area contributed by atoms with Crippen LogP contribution in [0.25, 0.3) is 11.0 Å². The van der Waals surface area contributed by atoms with E-state index in [1.807, 2.05) is 50.2 Å². The Hall–Kier alpha value is -3.55. The van der Waals surface area contributed by atoms with Gasteiger partial charge in [0.1, 0.15) is 17.1 Å². The first-order valence-corrected chi connectivity index (χ1v) is 10.1. The van der Waals surface area contributed by atoms with Crippen molar-refractivity contribution in [3.63, 3.8) is 0 Å². The summed E-state index contributed by atoms with van der Waals surface area (Å²) in [6, 6.07) is 10.5.